The third kappa shape index (κ3) is 5.36. The van der Waals surface area contributed by atoms with Gasteiger partial charge in [-0.1, -0.05) is 0 Å². The molecule has 162 valence electrons. The highest BCUT2D eigenvalue weighted by Crippen LogP contribution is 2.38. The molecule has 3 rings (SSSR count). The van der Waals surface area contributed by atoms with Crippen molar-refractivity contribution < 1.29 is 9.59 Å². The SMILES string of the molecule is CN(C)CCCNC(=O)[C@@]12CCCCN1C[C@@H](NC(=O)CCc1ccnn1C)C2. The molecule has 2 aliphatic heterocycles. The van der Waals surface area contributed by atoms with E-state index in [1.807, 2.05) is 27.2 Å². The molecule has 0 spiro atoms. The highest BCUT2D eigenvalue weighted by molar-refractivity contribution is 5.87. The normalized spacial score (nSPS) is 24.5. The van der Waals surface area contributed by atoms with Gasteiger partial charge in [-0.2, -0.15) is 5.10 Å². The minimum absolute atomic E-state index is 0.0414. The summed E-state index contributed by atoms with van der Waals surface area (Å²) in [6, 6.07) is 1.98. The first-order valence-electron chi connectivity index (χ1n) is 10.8. The van der Waals surface area contributed by atoms with Crippen LogP contribution in [0.1, 0.15) is 44.2 Å². The lowest BCUT2D eigenvalue weighted by Crippen LogP contribution is -2.57. The van der Waals surface area contributed by atoms with E-state index in [4.69, 9.17) is 0 Å². The standard InChI is InChI=1S/C21H36N6O2/c1-25(2)13-6-11-22-20(29)21-10-4-5-14-27(21)16-17(15-21)24-19(28)8-7-18-9-12-23-26(18)3/h9,12,17H,4-8,10-11,13-16H2,1-3H3,(H,22,29)(H,24,28)/t17-,21-/m0/s1. The van der Waals surface area contributed by atoms with E-state index in [1.54, 1.807) is 10.9 Å². The lowest BCUT2D eigenvalue weighted by Gasteiger charge is -2.40. The third-order valence-corrected chi connectivity index (χ3v) is 6.28. The second-order valence-corrected chi connectivity index (χ2v) is 8.76. The number of carbonyl (C=O) groups excluding carboxylic acids is 2. The molecule has 2 N–H and O–H groups in total. The molecule has 8 nitrogen and oxygen atoms in total. The molecule has 2 atom stereocenters. The number of nitrogens with zero attached hydrogens (tertiary/aromatic N) is 4. The highest BCUT2D eigenvalue weighted by atomic mass is 16.2. The second kappa shape index (κ2) is 9.71. The van der Waals surface area contributed by atoms with Crippen LogP contribution in [0.4, 0.5) is 0 Å². The highest BCUT2D eigenvalue weighted by Gasteiger charge is 2.51. The van der Waals surface area contributed by atoms with Crippen molar-refractivity contribution in [3.8, 4) is 0 Å². The molecule has 1 aromatic heterocycles. The first-order chi connectivity index (χ1) is 13.9. The molecule has 0 radical (unpaired) electrons. The van der Waals surface area contributed by atoms with Gasteiger partial charge in [0.2, 0.25) is 11.8 Å². The Kier molecular flexibility index (Phi) is 7.29. The molecular formula is C21H36N6O2. The average Bonchev–Trinajstić information content (AvgIpc) is 3.26. The molecule has 8 heteroatoms. The van der Waals surface area contributed by atoms with E-state index in [-0.39, 0.29) is 17.9 Å². The fourth-order valence-corrected chi connectivity index (χ4v) is 4.72. The molecule has 0 bridgehead atoms. The van der Waals surface area contributed by atoms with Crippen LogP contribution in [0.2, 0.25) is 0 Å². The second-order valence-electron chi connectivity index (χ2n) is 8.76. The molecule has 2 amide bonds. The number of aryl methyl sites for hydroxylation is 2. The number of fused-ring (bicyclic) bond motifs is 1. The van der Waals surface area contributed by atoms with E-state index in [0.717, 1.165) is 51.0 Å². The smallest absolute Gasteiger partial charge is 0.240 e. The molecule has 29 heavy (non-hydrogen) atoms. The molecule has 2 saturated heterocycles. The van der Waals surface area contributed by atoms with Gasteiger partial charge in [0.05, 0.1) is 0 Å². The fraction of sp³-hybridized carbons (Fsp3) is 0.762. The Morgan fingerprint density at radius 2 is 2.17 bits per heavy atom. The Morgan fingerprint density at radius 3 is 2.90 bits per heavy atom. The monoisotopic (exact) mass is 404 g/mol. The van der Waals surface area contributed by atoms with Gasteiger partial charge in [0.25, 0.3) is 0 Å². The van der Waals surface area contributed by atoms with Crippen molar-refractivity contribution in [1.29, 1.82) is 0 Å². The summed E-state index contributed by atoms with van der Waals surface area (Å²) in [6.45, 7) is 3.37. The molecular weight excluding hydrogens is 368 g/mol. The van der Waals surface area contributed by atoms with E-state index in [9.17, 15) is 9.59 Å². The number of aromatic nitrogens is 2. The van der Waals surface area contributed by atoms with Crippen LogP contribution in [0.15, 0.2) is 12.3 Å². The van der Waals surface area contributed by atoms with Gasteiger partial charge in [-0.15, -0.1) is 0 Å². The Hall–Kier alpha value is -1.93. The van der Waals surface area contributed by atoms with Gasteiger partial charge in [0.15, 0.2) is 0 Å². The number of carbonyl (C=O) groups is 2. The Bertz CT molecular complexity index is 703. The van der Waals surface area contributed by atoms with Gasteiger partial charge < -0.3 is 15.5 Å². The first-order valence-corrected chi connectivity index (χ1v) is 10.8. The summed E-state index contributed by atoms with van der Waals surface area (Å²) in [5.41, 5.74) is 0.605. The maximum absolute atomic E-state index is 13.1. The van der Waals surface area contributed by atoms with E-state index in [2.05, 4.69) is 25.5 Å². The molecule has 0 unspecified atom stereocenters. The van der Waals surface area contributed by atoms with Crippen LogP contribution < -0.4 is 10.6 Å². The van der Waals surface area contributed by atoms with Crippen LogP contribution in [0.25, 0.3) is 0 Å². The topological polar surface area (TPSA) is 82.5 Å². The summed E-state index contributed by atoms with van der Waals surface area (Å²) in [5, 5.41) is 10.5. The zero-order valence-electron chi connectivity index (χ0n) is 18.1. The predicted molar refractivity (Wildman–Crippen MR) is 112 cm³/mol. The van der Waals surface area contributed by atoms with Crippen molar-refractivity contribution >= 4 is 11.8 Å². The quantitative estimate of drug-likeness (QED) is 0.587. The number of hydrogen-bond acceptors (Lipinski definition) is 5. The predicted octanol–water partition coefficient (Wildman–Crippen LogP) is 0.534. The van der Waals surface area contributed by atoms with Crippen LogP contribution in [0, 0.1) is 0 Å². The number of amides is 2. The lowest BCUT2D eigenvalue weighted by atomic mass is 9.84. The van der Waals surface area contributed by atoms with Gasteiger partial charge in [-0.25, -0.2) is 0 Å². The van der Waals surface area contributed by atoms with Crippen molar-refractivity contribution in [2.45, 2.75) is 56.5 Å². The summed E-state index contributed by atoms with van der Waals surface area (Å²) < 4.78 is 1.80. The van der Waals surface area contributed by atoms with Gasteiger partial charge in [-0.3, -0.25) is 19.2 Å². The average molecular weight is 405 g/mol. The van der Waals surface area contributed by atoms with Crippen molar-refractivity contribution in [3.63, 3.8) is 0 Å². The van der Waals surface area contributed by atoms with Crippen molar-refractivity contribution in [2.24, 2.45) is 7.05 Å². The molecule has 0 aromatic carbocycles. The zero-order chi connectivity index (χ0) is 20.9. The Morgan fingerprint density at radius 1 is 1.34 bits per heavy atom. The molecule has 0 saturated carbocycles. The van der Waals surface area contributed by atoms with Gasteiger partial charge >= 0.3 is 0 Å². The van der Waals surface area contributed by atoms with E-state index in [1.165, 1.54) is 0 Å². The summed E-state index contributed by atoms with van der Waals surface area (Å²) >= 11 is 0. The van der Waals surface area contributed by atoms with Gasteiger partial charge in [-0.05, 0) is 71.8 Å². The van der Waals surface area contributed by atoms with Crippen molar-refractivity contribution in [2.75, 3.05) is 40.3 Å². The Balaban J connectivity index is 1.52. The largest absolute Gasteiger partial charge is 0.354 e. The first kappa shape index (κ1) is 21.8. The summed E-state index contributed by atoms with van der Waals surface area (Å²) in [6.07, 6.45) is 7.61. The number of rotatable bonds is 9. The zero-order valence-corrected chi connectivity index (χ0v) is 18.1. The van der Waals surface area contributed by atoms with Gasteiger partial charge in [0.1, 0.15) is 5.54 Å². The summed E-state index contributed by atoms with van der Waals surface area (Å²) in [4.78, 5) is 30.0. The van der Waals surface area contributed by atoms with Crippen LogP contribution in [-0.4, -0.2) is 83.2 Å². The fourth-order valence-electron chi connectivity index (χ4n) is 4.72. The molecule has 1 aromatic rings. The van der Waals surface area contributed by atoms with Crippen LogP contribution in [-0.2, 0) is 23.1 Å². The molecule has 0 aliphatic carbocycles. The summed E-state index contributed by atoms with van der Waals surface area (Å²) in [7, 11) is 5.98. The minimum atomic E-state index is -0.448. The maximum atomic E-state index is 13.1. The molecule has 3 heterocycles. The number of piperidine rings is 1. The Labute approximate surface area is 174 Å². The molecule has 2 fully saturated rings. The number of hydrogen-bond donors (Lipinski definition) is 2. The van der Waals surface area contributed by atoms with E-state index >= 15 is 0 Å². The molecule has 2 aliphatic rings. The van der Waals surface area contributed by atoms with Crippen molar-refractivity contribution in [3.05, 3.63) is 18.0 Å². The minimum Gasteiger partial charge on any atom is -0.354 e. The van der Waals surface area contributed by atoms with Gasteiger partial charge in [0, 0.05) is 44.5 Å². The van der Waals surface area contributed by atoms with E-state index in [0.29, 0.717) is 25.8 Å². The third-order valence-electron chi connectivity index (χ3n) is 6.28. The number of nitrogens with one attached hydrogen (secondary N) is 2. The van der Waals surface area contributed by atoms with Crippen LogP contribution in [0.5, 0.6) is 0 Å². The van der Waals surface area contributed by atoms with Crippen molar-refractivity contribution in [1.82, 2.24) is 30.2 Å². The van der Waals surface area contributed by atoms with Crippen LogP contribution in [0.3, 0.4) is 0 Å². The maximum Gasteiger partial charge on any atom is 0.240 e. The van der Waals surface area contributed by atoms with Crippen LogP contribution >= 0.6 is 0 Å². The lowest BCUT2D eigenvalue weighted by molar-refractivity contribution is -0.134. The van der Waals surface area contributed by atoms with E-state index < -0.39 is 5.54 Å². The summed E-state index contributed by atoms with van der Waals surface area (Å²) in [5.74, 6) is 0.195.